The normalized spacial score (nSPS) is 11.8. The van der Waals surface area contributed by atoms with E-state index in [0.717, 1.165) is 0 Å². The number of carboxylic acids is 1. The quantitative estimate of drug-likeness (QED) is 0.493. The van der Waals surface area contributed by atoms with Gasteiger partial charge in [0.2, 0.25) is 0 Å². The van der Waals surface area contributed by atoms with Gasteiger partial charge in [-0.25, -0.2) is 0 Å². The molecule has 0 aliphatic rings. The highest BCUT2D eigenvalue weighted by atomic mass is 35.5. The van der Waals surface area contributed by atoms with Crippen molar-refractivity contribution in [3.8, 4) is 0 Å². The highest BCUT2D eigenvalue weighted by molar-refractivity contribution is 5.85. The molecule has 0 aromatic carbocycles. The largest absolute Gasteiger partial charge is 0.480 e. The van der Waals surface area contributed by atoms with Crippen molar-refractivity contribution in [3.63, 3.8) is 0 Å². The highest BCUT2D eigenvalue weighted by Crippen LogP contribution is 1.76. The summed E-state index contributed by atoms with van der Waals surface area (Å²) in [6.07, 6.45) is 0. The van der Waals surface area contributed by atoms with Crippen LogP contribution in [0.4, 0.5) is 0 Å². The monoisotopic (exact) mass is 155 g/mol. The Morgan fingerprint density at radius 1 is 1.78 bits per heavy atom. The molecular formula is C4H10ClNO3. The summed E-state index contributed by atoms with van der Waals surface area (Å²) >= 11 is 0. The average molecular weight is 156 g/mol. The highest BCUT2D eigenvalue weighted by Gasteiger charge is 2.11. The summed E-state index contributed by atoms with van der Waals surface area (Å²) in [5.74, 6) is -1.03. The molecule has 9 heavy (non-hydrogen) atoms. The molecule has 0 aromatic heterocycles. The topological polar surface area (TPSA) is 69.6 Å². The van der Waals surface area contributed by atoms with Gasteiger partial charge in [-0.1, -0.05) is 0 Å². The van der Waals surface area contributed by atoms with Crippen molar-refractivity contribution in [1.29, 1.82) is 0 Å². The lowest BCUT2D eigenvalue weighted by Crippen LogP contribution is -2.36. The molecule has 1 atom stereocenters. The van der Waals surface area contributed by atoms with E-state index in [0.29, 0.717) is 0 Å². The fourth-order valence-electron chi connectivity index (χ4n) is 0.293. The Hall–Kier alpha value is -0.320. The Bertz CT molecular complexity index is 83.9. The summed E-state index contributed by atoms with van der Waals surface area (Å²) in [4.78, 5) is 9.94. The molecule has 0 saturated carbocycles. The third-order valence-electron chi connectivity index (χ3n) is 0.829. The van der Waals surface area contributed by atoms with Crippen molar-refractivity contribution >= 4 is 18.4 Å². The van der Waals surface area contributed by atoms with Crippen LogP contribution in [-0.4, -0.2) is 35.9 Å². The minimum atomic E-state index is -1.03. The van der Waals surface area contributed by atoms with E-state index in [1.807, 2.05) is 0 Å². The van der Waals surface area contributed by atoms with Gasteiger partial charge in [0.1, 0.15) is 6.04 Å². The van der Waals surface area contributed by atoms with Crippen molar-refractivity contribution in [3.05, 3.63) is 0 Å². The van der Waals surface area contributed by atoms with Crippen molar-refractivity contribution in [2.24, 2.45) is 0 Å². The van der Waals surface area contributed by atoms with Crippen LogP contribution in [0.2, 0.25) is 0 Å². The van der Waals surface area contributed by atoms with Crippen LogP contribution in [0, 0.1) is 0 Å². The molecule has 5 heteroatoms. The maximum atomic E-state index is 9.94. The number of aliphatic hydroxyl groups is 1. The Morgan fingerprint density at radius 3 is 2.22 bits per heavy atom. The molecule has 0 bridgehead atoms. The van der Waals surface area contributed by atoms with E-state index in [9.17, 15) is 4.79 Å². The standard InChI is InChI=1S/C4H9NO3.ClH/c1-5-3(2-6)4(7)8;/h3,5-6H,2H2,1H3,(H,7,8);1H/t3-;/m1./s1. The molecule has 0 aromatic rings. The lowest BCUT2D eigenvalue weighted by molar-refractivity contribution is -0.140. The minimum absolute atomic E-state index is 0. The number of hydrogen-bond donors (Lipinski definition) is 3. The van der Waals surface area contributed by atoms with Gasteiger partial charge in [-0.15, -0.1) is 12.4 Å². The number of likely N-dealkylation sites (N-methyl/N-ethyl adjacent to an activating group) is 1. The molecule has 3 N–H and O–H groups in total. The van der Waals surface area contributed by atoms with Crippen molar-refractivity contribution in [2.75, 3.05) is 13.7 Å². The number of rotatable bonds is 3. The number of carboxylic acid groups (broad SMARTS) is 1. The van der Waals surface area contributed by atoms with Gasteiger partial charge in [0.25, 0.3) is 0 Å². The number of hydrogen-bond acceptors (Lipinski definition) is 3. The van der Waals surface area contributed by atoms with Crippen LogP contribution < -0.4 is 5.32 Å². The number of nitrogens with one attached hydrogen (secondary N) is 1. The predicted octanol–water partition coefficient (Wildman–Crippen LogP) is -0.927. The lowest BCUT2D eigenvalue weighted by Gasteiger charge is -2.04. The van der Waals surface area contributed by atoms with Gasteiger partial charge >= 0.3 is 5.97 Å². The molecule has 56 valence electrons. The van der Waals surface area contributed by atoms with Crippen LogP contribution in [0.1, 0.15) is 0 Å². The summed E-state index contributed by atoms with van der Waals surface area (Å²) in [6.45, 7) is -0.369. The van der Waals surface area contributed by atoms with E-state index in [4.69, 9.17) is 10.2 Å². The molecule has 0 amide bonds. The van der Waals surface area contributed by atoms with Crippen LogP contribution in [0.5, 0.6) is 0 Å². The number of halogens is 1. The first-order valence-electron chi connectivity index (χ1n) is 2.23. The van der Waals surface area contributed by atoms with Gasteiger partial charge < -0.3 is 15.5 Å². The zero-order chi connectivity index (χ0) is 6.57. The van der Waals surface area contributed by atoms with E-state index in [1.165, 1.54) is 7.05 Å². The second-order valence-corrected chi connectivity index (χ2v) is 1.36. The SMILES string of the molecule is CN[C@H](CO)C(=O)O.Cl. The second kappa shape index (κ2) is 5.81. The van der Waals surface area contributed by atoms with Crippen LogP contribution in [0.15, 0.2) is 0 Å². The molecule has 0 saturated heterocycles. The first-order valence-corrected chi connectivity index (χ1v) is 2.23. The van der Waals surface area contributed by atoms with Crippen LogP contribution in [0.3, 0.4) is 0 Å². The first kappa shape index (κ1) is 11.5. The summed E-state index contributed by atoms with van der Waals surface area (Å²) in [5.41, 5.74) is 0. The molecule has 0 aliphatic carbocycles. The van der Waals surface area contributed by atoms with Gasteiger partial charge in [-0.05, 0) is 7.05 Å². The zero-order valence-corrected chi connectivity index (χ0v) is 5.81. The van der Waals surface area contributed by atoms with Gasteiger partial charge in [0.15, 0.2) is 0 Å². The molecule has 0 unspecified atom stereocenters. The third kappa shape index (κ3) is 4.20. The summed E-state index contributed by atoms with van der Waals surface area (Å²) in [5, 5.41) is 18.8. The van der Waals surface area contributed by atoms with Gasteiger partial charge in [0.05, 0.1) is 6.61 Å². The number of aliphatic carboxylic acids is 1. The summed E-state index contributed by atoms with van der Waals surface area (Å²) in [7, 11) is 1.48. The molecule has 0 aliphatic heterocycles. The van der Waals surface area contributed by atoms with Gasteiger partial charge in [-0.2, -0.15) is 0 Å². The Kier molecular flexibility index (Phi) is 7.41. The van der Waals surface area contributed by atoms with Crippen LogP contribution in [-0.2, 0) is 4.79 Å². The smallest absolute Gasteiger partial charge is 0.323 e. The fraction of sp³-hybridized carbons (Fsp3) is 0.750. The lowest BCUT2D eigenvalue weighted by atomic mass is 10.3. The van der Waals surface area contributed by atoms with Crippen molar-refractivity contribution in [2.45, 2.75) is 6.04 Å². The maximum Gasteiger partial charge on any atom is 0.323 e. The Morgan fingerprint density at radius 2 is 2.22 bits per heavy atom. The van der Waals surface area contributed by atoms with E-state index in [2.05, 4.69) is 5.32 Å². The zero-order valence-electron chi connectivity index (χ0n) is 5.00. The predicted molar refractivity (Wildman–Crippen MR) is 34.8 cm³/mol. The first-order chi connectivity index (χ1) is 3.72. The van der Waals surface area contributed by atoms with Crippen molar-refractivity contribution in [1.82, 2.24) is 5.32 Å². The van der Waals surface area contributed by atoms with E-state index >= 15 is 0 Å². The summed E-state index contributed by atoms with van der Waals surface area (Å²) in [6, 6.07) is -0.824. The third-order valence-corrected chi connectivity index (χ3v) is 0.829. The van der Waals surface area contributed by atoms with Gasteiger partial charge in [0, 0.05) is 0 Å². The molecule has 0 rings (SSSR count). The number of aliphatic hydroxyl groups excluding tert-OH is 1. The maximum absolute atomic E-state index is 9.94. The number of carbonyl (C=O) groups is 1. The molecule has 0 radical (unpaired) electrons. The van der Waals surface area contributed by atoms with E-state index in [-0.39, 0.29) is 19.0 Å². The summed E-state index contributed by atoms with van der Waals surface area (Å²) < 4.78 is 0. The Balaban J connectivity index is 0. The fourth-order valence-corrected chi connectivity index (χ4v) is 0.293. The van der Waals surface area contributed by atoms with Crippen molar-refractivity contribution < 1.29 is 15.0 Å². The van der Waals surface area contributed by atoms with Gasteiger partial charge in [-0.3, -0.25) is 4.79 Å². The molecule has 4 nitrogen and oxygen atoms in total. The Labute approximate surface area is 59.3 Å². The molecule has 0 fully saturated rings. The van der Waals surface area contributed by atoms with E-state index < -0.39 is 12.0 Å². The van der Waals surface area contributed by atoms with Crippen LogP contribution >= 0.6 is 12.4 Å². The molecular weight excluding hydrogens is 146 g/mol. The second-order valence-electron chi connectivity index (χ2n) is 1.36. The van der Waals surface area contributed by atoms with E-state index in [1.54, 1.807) is 0 Å². The average Bonchev–Trinajstić information content (AvgIpc) is 1.69. The minimum Gasteiger partial charge on any atom is -0.480 e. The molecule has 0 heterocycles. The van der Waals surface area contributed by atoms with Crippen LogP contribution in [0.25, 0.3) is 0 Å². The molecule has 0 spiro atoms.